The molecule has 11 heteroatoms. The number of benzene rings is 4. The van der Waals surface area contributed by atoms with Gasteiger partial charge < -0.3 is 29.4 Å². The van der Waals surface area contributed by atoms with Crippen molar-refractivity contribution in [2.45, 2.75) is 37.5 Å². The van der Waals surface area contributed by atoms with Gasteiger partial charge in [-0.25, -0.2) is 4.99 Å². The van der Waals surface area contributed by atoms with Crippen molar-refractivity contribution in [1.29, 1.82) is 0 Å². The van der Waals surface area contributed by atoms with Crippen molar-refractivity contribution in [3.05, 3.63) is 135 Å². The van der Waals surface area contributed by atoms with Crippen LogP contribution in [-0.2, 0) is 28.9 Å². The van der Waals surface area contributed by atoms with Gasteiger partial charge in [0.2, 0.25) is 5.90 Å². The standard InChI is InChI=1S/C37H39N5O6/c1-45-32-17-18-33(46-2)28(23-32)19-20-39-36(44)37(24-29-11-6-7-12-30(29)25-40-42-38)34(26-9-4-3-5-10-26)48-35(41-37)27-13-15-31(16-14-27)47-22-8-21-43/h3-7,9-18,23,34,43H,8,19-22,24-25H2,1-2H3,(H,39,44)/t34-,37-/m1/s1. The zero-order valence-corrected chi connectivity index (χ0v) is 27.0. The summed E-state index contributed by atoms with van der Waals surface area (Å²) in [5.74, 6) is 2.05. The molecule has 0 fully saturated rings. The zero-order valence-electron chi connectivity index (χ0n) is 27.0. The number of nitrogens with zero attached hydrogens (tertiary/aromatic N) is 4. The first-order valence-electron chi connectivity index (χ1n) is 15.7. The summed E-state index contributed by atoms with van der Waals surface area (Å²) in [6, 6.07) is 30.0. The number of nitrogens with one attached hydrogen (secondary N) is 1. The number of aliphatic imine (C=N–C) groups is 1. The van der Waals surface area contributed by atoms with Crippen LogP contribution in [0.1, 0.15) is 40.3 Å². The monoisotopic (exact) mass is 649 g/mol. The van der Waals surface area contributed by atoms with Gasteiger partial charge in [0, 0.05) is 36.5 Å². The van der Waals surface area contributed by atoms with Crippen LogP contribution in [0.3, 0.4) is 0 Å². The van der Waals surface area contributed by atoms with Crippen LogP contribution in [0.5, 0.6) is 17.2 Å². The summed E-state index contributed by atoms with van der Waals surface area (Å²) in [5, 5.41) is 16.0. The molecule has 0 unspecified atom stereocenters. The summed E-state index contributed by atoms with van der Waals surface area (Å²) < 4.78 is 23.3. The van der Waals surface area contributed by atoms with E-state index >= 15 is 0 Å². The number of amides is 1. The number of ether oxygens (including phenoxy) is 4. The van der Waals surface area contributed by atoms with Gasteiger partial charge in [-0.3, -0.25) is 4.79 Å². The Morgan fingerprint density at radius 1 is 0.958 bits per heavy atom. The van der Waals surface area contributed by atoms with E-state index in [-0.39, 0.29) is 25.5 Å². The van der Waals surface area contributed by atoms with E-state index < -0.39 is 11.6 Å². The predicted octanol–water partition coefficient (Wildman–Crippen LogP) is 6.13. The van der Waals surface area contributed by atoms with Gasteiger partial charge in [0.15, 0.2) is 11.6 Å². The number of aliphatic hydroxyl groups is 1. The molecule has 1 heterocycles. The predicted molar refractivity (Wildman–Crippen MR) is 182 cm³/mol. The highest BCUT2D eigenvalue weighted by Gasteiger charge is 2.53. The summed E-state index contributed by atoms with van der Waals surface area (Å²) in [4.78, 5) is 22.7. The minimum absolute atomic E-state index is 0.0484. The van der Waals surface area contributed by atoms with Crippen LogP contribution in [0.4, 0.5) is 0 Å². The molecule has 248 valence electrons. The Labute approximate surface area is 279 Å². The summed E-state index contributed by atoms with van der Waals surface area (Å²) >= 11 is 0. The molecule has 0 radical (unpaired) electrons. The van der Waals surface area contributed by atoms with Crippen molar-refractivity contribution in [2.24, 2.45) is 10.1 Å². The molecule has 2 atom stereocenters. The summed E-state index contributed by atoms with van der Waals surface area (Å²) in [6.45, 7) is 0.873. The minimum atomic E-state index is -1.42. The molecule has 48 heavy (non-hydrogen) atoms. The molecule has 4 aromatic carbocycles. The molecule has 5 rings (SSSR count). The maximum absolute atomic E-state index is 14.6. The lowest BCUT2D eigenvalue weighted by Crippen LogP contribution is -2.50. The zero-order chi connectivity index (χ0) is 33.8. The van der Waals surface area contributed by atoms with Gasteiger partial charge >= 0.3 is 0 Å². The molecule has 0 aromatic heterocycles. The Morgan fingerprint density at radius 2 is 1.69 bits per heavy atom. The van der Waals surface area contributed by atoms with E-state index in [4.69, 9.17) is 34.6 Å². The number of carbonyl (C=O) groups is 1. The van der Waals surface area contributed by atoms with Crippen molar-refractivity contribution in [3.63, 3.8) is 0 Å². The van der Waals surface area contributed by atoms with Crippen molar-refractivity contribution in [2.75, 3.05) is 34.0 Å². The molecule has 1 aliphatic heterocycles. The Hall–Kier alpha value is -5.51. The quantitative estimate of drug-likeness (QED) is 0.0646. The van der Waals surface area contributed by atoms with E-state index in [0.29, 0.717) is 54.7 Å². The van der Waals surface area contributed by atoms with E-state index in [2.05, 4.69) is 15.3 Å². The van der Waals surface area contributed by atoms with Crippen LogP contribution in [0.25, 0.3) is 10.4 Å². The van der Waals surface area contributed by atoms with Crippen molar-refractivity contribution in [3.8, 4) is 17.2 Å². The molecule has 4 aromatic rings. The fourth-order valence-corrected chi connectivity index (χ4v) is 5.73. The van der Waals surface area contributed by atoms with Crippen molar-refractivity contribution in [1.82, 2.24) is 5.32 Å². The van der Waals surface area contributed by atoms with Crippen LogP contribution in [0, 0.1) is 0 Å². The average molecular weight is 650 g/mol. The van der Waals surface area contributed by atoms with Gasteiger partial charge in [-0.15, -0.1) is 0 Å². The summed E-state index contributed by atoms with van der Waals surface area (Å²) in [7, 11) is 3.21. The number of rotatable bonds is 16. The number of methoxy groups -OCH3 is 2. The van der Waals surface area contributed by atoms with E-state index in [0.717, 1.165) is 22.3 Å². The molecule has 1 aliphatic rings. The largest absolute Gasteiger partial charge is 0.497 e. The lowest BCUT2D eigenvalue weighted by Gasteiger charge is -2.31. The van der Waals surface area contributed by atoms with Crippen LogP contribution < -0.4 is 19.5 Å². The Bertz CT molecular complexity index is 1760. The SMILES string of the molecule is COc1ccc(OC)c(CCNC(=O)[C@]2(Cc3ccccc3CN=[N+]=[N-])N=C(c3ccc(OCCCO)cc3)O[C@@H]2c2ccccc2)c1. The maximum atomic E-state index is 14.6. The Balaban J connectivity index is 1.54. The first-order chi connectivity index (χ1) is 23.5. The molecule has 0 bridgehead atoms. The number of aliphatic hydroxyl groups excluding tert-OH is 1. The van der Waals surface area contributed by atoms with E-state index in [1.165, 1.54) is 0 Å². The Kier molecular flexibility index (Phi) is 11.5. The molecule has 0 aliphatic carbocycles. The van der Waals surface area contributed by atoms with Crippen LogP contribution in [-0.4, -0.2) is 56.4 Å². The fraction of sp³-hybridized carbons (Fsp3) is 0.297. The molecular formula is C37H39N5O6. The van der Waals surface area contributed by atoms with Gasteiger partial charge in [-0.05, 0) is 76.7 Å². The highest BCUT2D eigenvalue weighted by atomic mass is 16.5. The van der Waals surface area contributed by atoms with Crippen LogP contribution in [0.2, 0.25) is 0 Å². The topological polar surface area (TPSA) is 147 Å². The van der Waals surface area contributed by atoms with Gasteiger partial charge in [0.05, 0.1) is 27.4 Å². The second-order valence-electron chi connectivity index (χ2n) is 11.2. The minimum Gasteiger partial charge on any atom is -0.497 e. The second-order valence-corrected chi connectivity index (χ2v) is 11.2. The third kappa shape index (κ3) is 7.88. The third-order valence-electron chi connectivity index (χ3n) is 8.18. The lowest BCUT2D eigenvalue weighted by molar-refractivity contribution is -0.128. The summed E-state index contributed by atoms with van der Waals surface area (Å²) in [5.41, 5.74) is 11.6. The molecule has 0 saturated carbocycles. The molecular weight excluding hydrogens is 610 g/mol. The molecule has 1 amide bonds. The van der Waals surface area contributed by atoms with E-state index in [1.54, 1.807) is 14.2 Å². The number of carbonyl (C=O) groups excluding carboxylic acids is 1. The first-order valence-corrected chi connectivity index (χ1v) is 15.7. The first kappa shape index (κ1) is 33.8. The average Bonchev–Trinajstić information content (AvgIpc) is 3.52. The lowest BCUT2D eigenvalue weighted by atomic mass is 9.81. The highest BCUT2D eigenvalue weighted by molar-refractivity contribution is 6.01. The van der Waals surface area contributed by atoms with E-state index in [9.17, 15) is 4.79 Å². The van der Waals surface area contributed by atoms with Gasteiger partial charge in [-0.2, -0.15) is 0 Å². The number of hydrogen-bond donors (Lipinski definition) is 2. The third-order valence-corrected chi connectivity index (χ3v) is 8.18. The smallest absolute Gasteiger partial charge is 0.252 e. The highest BCUT2D eigenvalue weighted by Crippen LogP contribution is 2.43. The van der Waals surface area contributed by atoms with Gasteiger partial charge in [0.25, 0.3) is 5.91 Å². The van der Waals surface area contributed by atoms with Gasteiger partial charge in [0.1, 0.15) is 17.2 Å². The van der Waals surface area contributed by atoms with Gasteiger partial charge in [-0.1, -0.05) is 59.7 Å². The van der Waals surface area contributed by atoms with Crippen molar-refractivity contribution >= 4 is 11.8 Å². The molecule has 2 N–H and O–H groups in total. The fourth-order valence-electron chi connectivity index (χ4n) is 5.73. The van der Waals surface area contributed by atoms with Crippen molar-refractivity contribution < 1.29 is 28.8 Å². The number of azide groups is 1. The second kappa shape index (κ2) is 16.4. The molecule has 0 saturated heterocycles. The number of hydrogen-bond acceptors (Lipinski definition) is 8. The molecule has 0 spiro atoms. The normalized spacial score (nSPS) is 16.6. The molecule has 11 nitrogen and oxygen atoms in total. The maximum Gasteiger partial charge on any atom is 0.252 e. The van der Waals surface area contributed by atoms with Crippen LogP contribution >= 0.6 is 0 Å². The van der Waals surface area contributed by atoms with Crippen LogP contribution in [0.15, 0.2) is 107 Å². The van der Waals surface area contributed by atoms with E-state index in [1.807, 2.05) is 97.1 Å². The Morgan fingerprint density at radius 3 is 2.40 bits per heavy atom. The summed E-state index contributed by atoms with van der Waals surface area (Å²) in [6.07, 6.45) is 0.428.